The van der Waals surface area contributed by atoms with Gasteiger partial charge in [-0.2, -0.15) is 9.30 Å². The number of thiazole rings is 1. The average molecular weight is 506 g/mol. The third-order valence-corrected chi connectivity index (χ3v) is 9.19. The van der Waals surface area contributed by atoms with Crippen LogP contribution < -0.4 is 4.80 Å². The van der Waals surface area contributed by atoms with Crippen LogP contribution in [0.2, 0.25) is 5.02 Å². The van der Waals surface area contributed by atoms with Crippen LogP contribution in [-0.4, -0.2) is 42.0 Å². The summed E-state index contributed by atoms with van der Waals surface area (Å²) in [6, 6.07) is 11.1. The number of nitrogens with zero attached hydrogens (tertiary/aromatic N) is 3. The summed E-state index contributed by atoms with van der Waals surface area (Å²) in [5, 5.41) is 0.445. The molecule has 2 heterocycles. The van der Waals surface area contributed by atoms with Crippen LogP contribution in [0.1, 0.15) is 12.8 Å². The van der Waals surface area contributed by atoms with Gasteiger partial charge in [0, 0.05) is 16.5 Å². The Morgan fingerprint density at radius 1 is 1.31 bits per heavy atom. The molecule has 0 saturated carbocycles. The zero-order chi connectivity index (χ0) is 22.9. The van der Waals surface area contributed by atoms with Crippen LogP contribution in [-0.2, 0) is 21.4 Å². The van der Waals surface area contributed by atoms with Gasteiger partial charge in [0.15, 0.2) is 4.80 Å². The highest BCUT2D eigenvalue weighted by atomic mass is 35.5. The lowest BCUT2D eigenvalue weighted by molar-refractivity contribution is -0.121. The zero-order valence-electron chi connectivity index (χ0n) is 17.2. The number of carbonyl (C=O) groups is 1. The standard InChI is InChI=1S/C22H20ClN3O3S3/c1-3-12-25-18-11-8-16(30-2)14-20(18)31-22(25)24-21(27)19-5-4-13-26(19)32(28,29)17-9-6-15(23)7-10-17/h1,6-11,14,19H,4-5,12-13H2,2H3. The Morgan fingerprint density at radius 3 is 2.75 bits per heavy atom. The minimum Gasteiger partial charge on any atom is -0.305 e. The molecule has 0 bridgehead atoms. The summed E-state index contributed by atoms with van der Waals surface area (Å²) in [4.78, 5) is 19.2. The minimum atomic E-state index is -3.84. The Balaban J connectivity index is 1.72. The number of terminal acetylenes is 1. The zero-order valence-corrected chi connectivity index (χ0v) is 20.4. The van der Waals surface area contributed by atoms with Gasteiger partial charge in [-0.1, -0.05) is 28.9 Å². The lowest BCUT2D eigenvalue weighted by Gasteiger charge is -2.21. The molecule has 1 saturated heterocycles. The number of carbonyl (C=O) groups excluding carboxylic acids is 1. The van der Waals surface area contributed by atoms with E-state index in [-0.39, 0.29) is 18.0 Å². The number of thioether (sulfide) groups is 1. The van der Waals surface area contributed by atoms with Crippen molar-refractivity contribution in [2.45, 2.75) is 35.2 Å². The molecule has 1 aromatic heterocycles. The van der Waals surface area contributed by atoms with Gasteiger partial charge < -0.3 is 4.57 Å². The maximum absolute atomic E-state index is 13.2. The van der Waals surface area contributed by atoms with Crippen molar-refractivity contribution in [3.8, 4) is 12.3 Å². The highest BCUT2D eigenvalue weighted by Crippen LogP contribution is 2.28. The van der Waals surface area contributed by atoms with E-state index in [1.807, 2.05) is 29.0 Å². The monoisotopic (exact) mass is 505 g/mol. The molecule has 0 radical (unpaired) electrons. The molecule has 1 unspecified atom stereocenters. The van der Waals surface area contributed by atoms with Gasteiger partial charge in [-0.3, -0.25) is 4.79 Å². The first-order valence-corrected chi connectivity index (χ1v) is 13.7. The molecular formula is C22H20ClN3O3S3. The molecular weight excluding hydrogens is 486 g/mol. The molecule has 1 fully saturated rings. The van der Waals surface area contributed by atoms with E-state index in [1.54, 1.807) is 11.8 Å². The minimum absolute atomic E-state index is 0.107. The maximum Gasteiger partial charge on any atom is 0.266 e. The highest BCUT2D eigenvalue weighted by Gasteiger charge is 2.39. The molecule has 1 aliphatic rings. The third-order valence-electron chi connectivity index (χ3n) is 5.25. The molecule has 1 amide bonds. The molecule has 32 heavy (non-hydrogen) atoms. The first-order valence-electron chi connectivity index (χ1n) is 9.82. The van der Waals surface area contributed by atoms with Gasteiger partial charge in [0.05, 0.1) is 21.7 Å². The summed E-state index contributed by atoms with van der Waals surface area (Å²) in [5.41, 5.74) is 0.898. The molecule has 1 aliphatic heterocycles. The largest absolute Gasteiger partial charge is 0.305 e. The van der Waals surface area contributed by atoms with Crippen LogP contribution in [0.4, 0.5) is 0 Å². The molecule has 10 heteroatoms. The molecule has 1 atom stereocenters. The van der Waals surface area contributed by atoms with Crippen molar-refractivity contribution in [1.82, 2.24) is 8.87 Å². The van der Waals surface area contributed by atoms with E-state index in [9.17, 15) is 13.2 Å². The SMILES string of the molecule is C#CCn1c(=NC(=O)C2CCCN2S(=O)(=O)c2ccc(Cl)cc2)sc2cc(SC)ccc21. The van der Waals surface area contributed by atoms with Gasteiger partial charge in [0.1, 0.15) is 6.04 Å². The number of hydrogen-bond acceptors (Lipinski definition) is 5. The van der Waals surface area contributed by atoms with E-state index in [2.05, 4.69) is 10.9 Å². The van der Waals surface area contributed by atoms with Crippen LogP contribution in [0.3, 0.4) is 0 Å². The molecule has 0 aliphatic carbocycles. The van der Waals surface area contributed by atoms with Crippen LogP contribution >= 0.6 is 34.7 Å². The van der Waals surface area contributed by atoms with Crippen molar-refractivity contribution < 1.29 is 13.2 Å². The summed E-state index contributed by atoms with van der Waals surface area (Å²) in [6.07, 6.45) is 8.56. The number of benzene rings is 2. The van der Waals surface area contributed by atoms with Crippen LogP contribution in [0.25, 0.3) is 10.2 Å². The molecule has 0 spiro atoms. The molecule has 0 N–H and O–H groups in total. The quantitative estimate of drug-likeness (QED) is 0.388. The maximum atomic E-state index is 13.2. The van der Waals surface area contributed by atoms with Crippen LogP contribution in [0.15, 0.2) is 57.2 Å². The predicted octanol–water partition coefficient (Wildman–Crippen LogP) is 3.99. The summed E-state index contributed by atoms with van der Waals surface area (Å²) in [5.74, 6) is 2.13. The van der Waals surface area contributed by atoms with Crippen molar-refractivity contribution in [2.75, 3.05) is 12.8 Å². The topological polar surface area (TPSA) is 71.7 Å². The Morgan fingerprint density at radius 2 is 2.06 bits per heavy atom. The molecule has 2 aromatic carbocycles. The van der Waals surface area contributed by atoms with Gasteiger partial charge in [0.2, 0.25) is 10.0 Å². The number of aromatic nitrogens is 1. The molecule has 6 nitrogen and oxygen atoms in total. The second kappa shape index (κ2) is 9.41. The first kappa shape index (κ1) is 23.1. The first-order chi connectivity index (χ1) is 15.3. The van der Waals surface area contributed by atoms with Crippen molar-refractivity contribution in [1.29, 1.82) is 0 Å². The van der Waals surface area contributed by atoms with Gasteiger partial charge in [-0.25, -0.2) is 8.42 Å². The predicted molar refractivity (Wildman–Crippen MR) is 129 cm³/mol. The van der Waals surface area contributed by atoms with E-state index in [4.69, 9.17) is 18.0 Å². The normalized spacial score (nSPS) is 17.7. The highest BCUT2D eigenvalue weighted by molar-refractivity contribution is 7.98. The summed E-state index contributed by atoms with van der Waals surface area (Å²) in [7, 11) is -3.84. The lowest BCUT2D eigenvalue weighted by Crippen LogP contribution is -2.40. The summed E-state index contributed by atoms with van der Waals surface area (Å²) < 4.78 is 30.3. The van der Waals surface area contributed by atoms with Gasteiger partial charge >= 0.3 is 0 Å². The van der Waals surface area contributed by atoms with Gasteiger partial charge in [0.25, 0.3) is 5.91 Å². The number of sulfonamides is 1. The Labute approximate surface area is 200 Å². The van der Waals surface area contributed by atoms with Gasteiger partial charge in [-0.15, -0.1) is 18.2 Å². The summed E-state index contributed by atoms with van der Waals surface area (Å²) in [6.45, 7) is 0.535. The van der Waals surface area contributed by atoms with E-state index < -0.39 is 22.0 Å². The summed E-state index contributed by atoms with van der Waals surface area (Å²) >= 11 is 8.89. The van der Waals surface area contributed by atoms with E-state index >= 15 is 0 Å². The Bertz CT molecular complexity index is 1390. The smallest absolute Gasteiger partial charge is 0.266 e. The average Bonchev–Trinajstić information content (AvgIpc) is 3.40. The molecule has 3 aromatic rings. The van der Waals surface area contributed by atoms with Crippen molar-refractivity contribution in [3.63, 3.8) is 0 Å². The van der Waals surface area contributed by atoms with E-state index in [1.165, 1.54) is 39.9 Å². The third kappa shape index (κ3) is 4.38. The molecule has 4 rings (SSSR count). The number of amides is 1. The number of fused-ring (bicyclic) bond motifs is 1. The van der Waals surface area contributed by atoms with Crippen molar-refractivity contribution >= 4 is 60.8 Å². The number of halogens is 1. The second-order valence-corrected chi connectivity index (χ2v) is 11.4. The van der Waals surface area contributed by atoms with Gasteiger partial charge in [-0.05, 0) is 61.6 Å². The number of rotatable bonds is 5. The second-order valence-electron chi connectivity index (χ2n) is 7.19. The Kier molecular flexibility index (Phi) is 6.79. The Hall–Kier alpha value is -2.09. The lowest BCUT2D eigenvalue weighted by atomic mass is 10.2. The van der Waals surface area contributed by atoms with Crippen LogP contribution in [0, 0.1) is 12.3 Å². The van der Waals surface area contributed by atoms with E-state index in [0.717, 1.165) is 15.1 Å². The molecule has 166 valence electrons. The fraction of sp³-hybridized carbons (Fsp3) is 0.273. The van der Waals surface area contributed by atoms with Crippen LogP contribution in [0.5, 0.6) is 0 Å². The van der Waals surface area contributed by atoms with Crippen molar-refractivity contribution in [3.05, 3.63) is 52.3 Å². The number of hydrogen-bond donors (Lipinski definition) is 0. The van der Waals surface area contributed by atoms with E-state index in [0.29, 0.717) is 22.7 Å². The fourth-order valence-electron chi connectivity index (χ4n) is 3.70. The fourth-order valence-corrected chi connectivity index (χ4v) is 7.06. The van der Waals surface area contributed by atoms with Crippen molar-refractivity contribution in [2.24, 2.45) is 4.99 Å².